The molecule has 1 fully saturated rings. The van der Waals surface area contributed by atoms with Gasteiger partial charge >= 0.3 is 12.3 Å². The van der Waals surface area contributed by atoms with Crippen molar-refractivity contribution < 1.29 is 28.5 Å². The molecule has 0 amide bonds. The fourth-order valence-electron chi connectivity index (χ4n) is 3.98. The highest BCUT2D eigenvalue weighted by molar-refractivity contribution is 5.60. The van der Waals surface area contributed by atoms with Gasteiger partial charge in [0.15, 0.2) is 0 Å². The van der Waals surface area contributed by atoms with Crippen LogP contribution in [0.5, 0.6) is 0 Å². The summed E-state index contributed by atoms with van der Waals surface area (Å²) in [6.45, 7) is 9.74. The minimum Gasteiger partial charge on any atom is -0.434 e. The minimum atomic E-state index is -0.613. The first-order valence-electron chi connectivity index (χ1n) is 13.0. The third-order valence-electron chi connectivity index (χ3n) is 5.90. The quantitative estimate of drug-likeness (QED) is 0.174. The maximum absolute atomic E-state index is 11.9. The molecule has 0 heterocycles. The molecule has 32 heavy (non-hydrogen) atoms. The van der Waals surface area contributed by atoms with E-state index in [1.54, 1.807) is 0 Å². The molecule has 0 N–H and O–H groups in total. The van der Waals surface area contributed by atoms with Gasteiger partial charge in [0.25, 0.3) is 0 Å². The summed E-state index contributed by atoms with van der Waals surface area (Å²) in [5.41, 5.74) is 0. The van der Waals surface area contributed by atoms with Crippen molar-refractivity contribution in [3.63, 3.8) is 0 Å². The van der Waals surface area contributed by atoms with Crippen LogP contribution in [0.2, 0.25) is 0 Å². The van der Waals surface area contributed by atoms with E-state index < -0.39 is 12.3 Å². The van der Waals surface area contributed by atoms with Crippen LogP contribution in [0.25, 0.3) is 0 Å². The van der Waals surface area contributed by atoms with E-state index in [2.05, 4.69) is 27.7 Å². The Morgan fingerprint density at radius 1 is 0.656 bits per heavy atom. The molecule has 0 bridgehead atoms. The van der Waals surface area contributed by atoms with E-state index in [4.69, 9.17) is 18.9 Å². The highest BCUT2D eigenvalue weighted by Crippen LogP contribution is 2.24. The number of carbonyl (C=O) groups is 2. The van der Waals surface area contributed by atoms with E-state index >= 15 is 0 Å². The van der Waals surface area contributed by atoms with Gasteiger partial charge in [0.2, 0.25) is 0 Å². The summed E-state index contributed by atoms with van der Waals surface area (Å²) >= 11 is 0. The summed E-state index contributed by atoms with van der Waals surface area (Å²) in [5, 5.41) is 0. The van der Waals surface area contributed by atoms with Crippen LogP contribution < -0.4 is 0 Å². The van der Waals surface area contributed by atoms with E-state index in [9.17, 15) is 9.59 Å². The number of hydrogen-bond acceptors (Lipinski definition) is 6. The summed E-state index contributed by atoms with van der Waals surface area (Å²) in [6, 6.07) is 0. The van der Waals surface area contributed by atoms with Gasteiger partial charge in [-0.15, -0.1) is 0 Å². The lowest BCUT2D eigenvalue weighted by Crippen LogP contribution is -2.32. The molecule has 1 rings (SSSR count). The molecule has 188 valence electrons. The first-order valence-corrected chi connectivity index (χ1v) is 13.0. The normalized spacial score (nSPS) is 18.6. The second-order valence-electron chi connectivity index (χ2n) is 10.0. The van der Waals surface area contributed by atoms with Gasteiger partial charge in [-0.2, -0.15) is 0 Å². The van der Waals surface area contributed by atoms with E-state index in [1.165, 1.54) is 38.5 Å². The Morgan fingerprint density at radius 2 is 1.06 bits per heavy atom. The maximum Gasteiger partial charge on any atom is 0.508 e. The Kier molecular flexibility index (Phi) is 16.1. The zero-order valence-electron chi connectivity index (χ0n) is 21.1. The van der Waals surface area contributed by atoms with Gasteiger partial charge in [0.1, 0.15) is 12.2 Å². The molecule has 1 saturated carbocycles. The molecule has 0 aromatic rings. The molecule has 0 aromatic heterocycles. The number of hydrogen-bond donors (Lipinski definition) is 0. The summed E-state index contributed by atoms with van der Waals surface area (Å²) < 4.78 is 21.2. The lowest BCUT2D eigenvalue weighted by Gasteiger charge is -2.28. The Labute approximate surface area is 196 Å². The Balaban J connectivity index is 2.06. The molecule has 0 saturated heterocycles. The lowest BCUT2D eigenvalue weighted by molar-refractivity contribution is -0.0350. The molecule has 2 atom stereocenters. The summed E-state index contributed by atoms with van der Waals surface area (Å²) in [6.07, 6.45) is 12.3. The summed E-state index contributed by atoms with van der Waals surface area (Å²) in [4.78, 5) is 23.9. The Bertz CT molecular complexity index is 449. The van der Waals surface area contributed by atoms with E-state index in [0.29, 0.717) is 19.6 Å². The van der Waals surface area contributed by atoms with E-state index in [1.807, 2.05) is 0 Å². The first kappa shape index (κ1) is 28.6. The van der Waals surface area contributed by atoms with Crippen LogP contribution in [0.1, 0.15) is 118 Å². The average molecular weight is 457 g/mol. The highest BCUT2D eigenvalue weighted by atomic mass is 16.7. The standard InChI is InChI=1S/C26H48O6/c1-21(2)14-9-5-7-11-18-29-25(27)31-23-16-13-17-24(20-23)32-26(28)30-19-12-8-6-10-15-22(3)4/h21-24H,5-20H2,1-4H3. The molecule has 6 heteroatoms. The van der Waals surface area contributed by atoms with Crippen molar-refractivity contribution in [3.8, 4) is 0 Å². The molecular weight excluding hydrogens is 408 g/mol. The number of carbonyl (C=O) groups excluding carboxylic acids is 2. The Morgan fingerprint density at radius 3 is 1.47 bits per heavy atom. The Hall–Kier alpha value is -1.46. The van der Waals surface area contributed by atoms with Crippen molar-refractivity contribution in [1.29, 1.82) is 0 Å². The zero-order chi connectivity index (χ0) is 23.6. The predicted molar refractivity (Wildman–Crippen MR) is 127 cm³/mol. The predicted octanol–water partition coefficient (Wildman–Crippen LogP) is 7.82. The van der Waals surface area contributed by atoms with Gasteiger partial charge in [-0.3, -0.25) is 0 Å². The summed E-state index contributed by atoms with van der Waals surface area (Å²) in [7, 11) is 0. The maximum atomic E-state index is 11.9. The van der Waals surface area contributed by atoms with Crippen LogP contribution >= 0.6 is 0 Å². The van der Waals surface area contributed by atoms with Crippen molar-refractivity contribution in [2.75, 3.05) is 13.2 Å². The molecule has 6 nitrogen and oxygen atoms in total. The van der Waals surface area contributed by atoms with Gasteiger partial charge in [-0.05, 0) is 43.9 Å². The SMILES string of the molecule is CC(C)CCCCCCOC(=O)OC1CCCC(OC(=O)OCCCCCCC(C)C)C1. The average Bonchev–Trinajstić information content (AvgIpc) is 2.72. The molecule has 0 aliphatic heterocycles. The smallest absolute Gasteiger partial charge is 0.434 e. The van der Waals surface area contributed by atoms with Crippen molar-refractivity contribution in [2.45, 2.75) is 130 Å². The first-order chi connectivity index (χ1) is 15.4. The fraction of sp³-hybridized carbons (Fsp3) is 0.923. The van der Waals surface area contributed by atoms with E-state index in [-0.39, 0.29) is 12.2 Å². The van der Waals surface area contributed by atoms with Gasteiger partial charge in [0, 0.05) is 6.42 Å². The third-order valence-corrected chi connectivity index (χ3v) is 5.90. The molecule has 1 aliphatic rings. The van der Waals surface area contributed by atoms with Crippen LogP contribution in [0.15, 0.2) is 0 Å². The second-order valence-corrected chi connectivity index (χ2v) is 10.0. The van der Waals surface area contributed by atoms with Gasteiger partial charge in [-0.1, -0.05) is 79.1 Å². The second kappa shape index (κ2) is 18.0. The van der Waals surface area contributed by atoms with Gasteiger partial charge in [-0.25, -0.2) is 9.59 Å². The van der Waals surface area contributed by atoms with Crippen LogP contribution in [0.4, 0.5) is 9.59 Å². The van der Waals surface area contributed by atoms with Crippen molar-refractivity contribution in [3.05, 3.63) is 0 Å². The third kappa shape index (κ3) is 16.2. The molecular formula is C26H48O6. The van der Waals surface area contributed by atoms with E-state index in [0.717, 1.165) is 56.8 Å². The number of ether oxygens (including phenoxy) is 4. The molecule has 0 radical (unpaired) electrons. The highest BCUT2D eigenvalue weighted by Gasteiger charge is 2.28. The largest absolute Gasteiger partial charge is 0.508 e. The van der Waals surface area contributed by atoms with Gasteiger partial charge < -0.3 is 18.9 Å². The van der Waals surface area contributed by atoms with Crippen molar-refractivity contribution in [2.24, 2.45) is 11.8 Å². The topological polar surface area (TPSA) is 71.1 Å². The van der Waals surface area contributed by atoms with Crippen molar-refractivity contribution >= 4 is 12.3 Å². The summed E-state index contributed by atoms with van der Waals surface area (Å²) in [5.74, 6) is 1.49. The minimum absolute atomic E-state index is 0.263. The lowest BCUT2D eigenvalue weighted by atomic mass is 9.95. The van der Waals surface area contributed by atoms with Crippen LogP contribution in [0.3, 0.4) is 0 Å². The zero-order valence-corrected chi connectivity index (χ0v) is 21.1. The van der Waals surface area contributed by atoms with Crippen LogP contribution in [-0.2, 0) is 18.9 Å². The van der Waals surface area contributed by atoms with Gasteiger partial charge in [0.05, 0.1) is 13.2 Å². The number of unbranched alkanes of at least 4 members (excludes halogenated alkanes) is 6. The van der Waals surface area contributed by atoms with Crippen molar-refractivity contribution in [1.82, 2.24) is 0 Å². The number of rotatable bonds is 16. The molecule has 0 spiro atoms. The molecule has 1 aliphatic carbocycles. The monoisotopic (exact) mass is 456 g/mol. The van der Waals surface area contributed by atoms with Crippen LogP contribution in [-0.4, -0.2) is 37.7 Å². The van der Waals surface area contributed by atoms with Crippen LogP contribution in [0, 0.1) is 11.8 Å². The molecule has 0 aromatic carbocycles. The molecule has 2 unspecified atom stereocenters. The fourth-order valence-corrected chi connectivity index (χ4v) is 3.98.